The number of imide groups is 1. The summed E-state index contributed by atoms with van der Waals surface area (Å²) in [5.74, 6) is 4.04. The molecule has 0 atom stereocenters. The number of hydrazine groups is 1. The molecule has 0 aromatic heterocycles. The fourth-order valence-electron chi connectivity index (χ4n) is 2.14. The van der Waals surface area contributed by atoms with E-state index in [1.165, 1.54) is 24.3 Å². The minimum atomic E-state index is -0.653. The van der Waals surface area contributed by atoms with Gasteiger partial charge in [-0.05, 0) is 25.0 Å². The molecule has 0 unspecified atom stereocenters. The number of non-ortho nitro benzene ring substituents is 1. The minimum absolute atomic E-state index is 0.116. The largest absolute Gasteiger partial charge is 0.322 e. The second kappa shape index (κ2) is 7.29. The summed E-state index contributed by atoms with van der Waals surface area (Å²) in [5.41, 5.74) is 0.559. The van der Waals surface area contributed by atoms with Crippen molar-refractivity contribution in [2.75, 3.05) is 0 Å². The van der Waals surface area contributed by atoms with E-state index in [0.717, 1.165) is 6.07 Å². The van der Waals surface area contributed by atoms with Gasteiger partial charge in [-0.3, -0.25) is 24.5 Å². The molecule has 0 bridgehead atoms. The Balaban J connectivity index is 2.14. The number of amides is 3. The first-order valence-electron chi connectivity index (χ1n) is 6.92. The summed E-state index contributed by atoms with van der Waals surface area (Å²) < 4.78 is 0. The number of nitrogens with one attached hydrogen (secondary N) is 1. The molecule has 0 radical (unpaired) electrons. The maximum Gasteiger partial charge on any atom is 0.270 e. The molecule has 0 saturated carbocycles. The minimum Gasteiger partial charge on any atom is -0.322 e. The lowest BCUT2D eigenvalue weighted by atomic mass is 10.0. The summed E-state index contributed by atoms with van der Waals surface area (Å²) >= 11 is 0. The molecule has 3 N–H and O–H groups in total. The van der Waals surface area contributed by atoms with E-state index in [-0.39, 0.29) is 23.2 Å². The Morgan fingerprint density at radius 3 is 2.79 bits per heavy atom. The van der Waals surface area contributed by atoms with Crippen LogP contribution in [0.1, 0.15) is 23.2 Å². The van der Waals surface area contributed by atoms with E-state index in [1.54, 1.807) is 6.08 Å². The van der Waals surface area contributed by atoms with Crippen LogP contribution >= 0.6 is 0 Å². The van der Waals surface area contributed by atoms with Crippen molar-refractivity contribution < 1.29 is 19.3 Å². The first kappa shape index (κ1) is 17.0. The summed E-state index contributed by atoms with van der Waals surface area (Å²) in [4.78, 5) is 44.7. The summed E-state index contributed by atoms with van der Waals surface area (Å²) in [5, 5.41) is 13.7. The Morgan fingerprint density at radius 1 is 1.38 bits per heavy atom. The van der Waals surface area contributed by atoms with E-state index >= 15 is 0 Å². The molecule has 0 aliphatic heterocycles. The van der Waals surface area contributed by atoms with Gasteiger partial charge in [0.1, 0.15) is 0 Å². The number of carbonyl (C=O) groups is 3. The maximum atomic E-state index is 12.2. The van der Waals surface area contributed by atoms with Gasteiger partial charge in [-0.2, -0.15) is 0 Å². The molecular formula is C15H14N4O5. The van der Waals surface area contributed by atoms with Crippen LogP contribution < -0.4 is 11.2 Å². The lowest BCUT2D eigenvalue weighted by Crippen LogP contribution is -2.37. The van der Waals surface area contributed by atoms with Crippen LogP contribution in [0.5, 0.6) is 0 Å². The van der Waals surface area contributed by atoms with Crippen molar-refractivity contribution in [2.24, 2.45) is 5.84 Å². The SMILES string of the molecule is NN(C=O)C(=O)C1=CC(NC(=O)c2cccc([N+](=O)[O-])c2)=CCC1. The normalized spacial score (nSPS) is 13.4. The van der Waals surface area contributed by atoms with E-state index in [1.807, 2.05) is 0 Å². The fraction of sp³-hybridized carbons (Fsp3) is 0.133. The molecule has 0 spiro atoms. The third kappa shape index (κ3) is 3.90. The number of nitrogens with zero attached hydrogens (tertiary/aromatic N) is 2. The van der Waals surface area contributed by atoms with Crippen molar-refractivity contribution >= 4 is 23.9 Å². The Hall–Kier alpha value is -3.33. The molecule has 9 nitrogen and oxygen atoms in total. The van der Waals surface area contributed by atoms with Crippen LogP contribution in [0, 0.1) is 10.1 Å². The van der Waals surface area contributed by atoms with Gasteiger partial charge in [-0.15, -0.1) is 0 Å². The van der Waals surface area contributed by atoms with Crippen LogP contribution in [0.25, 0.3) is 0 Å². The number of benzene rings is 1. The number of carbonyl (C=O) groups excluding carboxylic acids is 3. The van der Waals surface area contributed by atoms with E-state index in [2.05, 4.69) is 5.32 Å². The molecule has 1 aliphatic rings. The van der Waals surface area contributed by atoms with E-state index in [9.17, 15) is 24.5 Å². The quantitative estimate of drug-likeness (QED) is 0.269. The molecule has 3 amide bonds. The zero-order valence-corrected chi connectivity index (χ0v) is 12.5. The summed E-state index contributed by atoms with van der Waals surface area (Å²) in [6, 6.07) is 5.28. The zero-order valence-electron chi connectivity index (χ0n) is 12.5. The van der Waals surface area contributed by atoms with Crippen molar-refractivity contribution in [2.45, 2.75) is 12.8 Å². The third-order valence-electron chi connectivity index (χ3n) is 3.31. The average Bonchev–Trinajstić information content (AvgIpc) is 2.60. The van der Waals surface area contributed by atoms with Gasteiger partial charge in [0.25, 0.3) is 17.5 Å². The second-order valence-electron chi connectivity index (χ2n) is 4.95. The number of nitrogens with two attached hydrogens (primary N) is 1. The second-order valence-corrected chi connectivity index (χ2v) is 4.95. The Kier molecular flexibility index (Phi) is 5.17. The van der Waals surface area contributed by atoms with Gasteiger partial charge >= 0.3 is 0 Å². The zero-order chi connectivity index (χ0) is 17.7. The number of nitro groups is 1. The summed E-state index contributed by atoms with van der Waals surface area (Å²) in [6.07, 6.45) is 4.19. The molecule has 1 aliphatic carbocycles. The van der Waals surface area contributed by atoms with E-state index < -0.39 is 16.7 Å². The van der Waals surface area contributed by atoms with Crippen molar-refractivity contribution in [3.63, 3.8) is 0 Å². The topological polar surface area (TPSA) is 136 Å². The summed E-state index contributed by atoms with van der Waals surface area (Å²) in [7, 11) is 0. The van der Waals surface area contributed by atoms with Crippen LogP contribution in [0.3, 0.4) is 0 Å². The molecule has 0 heterocycles. The third-order valence-corrected chi connectivity index (χ3v) is 3.31. The van der Waals surface area contributed by atoms with E-state index in [0.29, 0.717) is 23.5 Å². The number of hydrogen-bond donors (Lipinski definition) is 2. The monoisotopic (exact) mass is 330 g/mol. The van der Waals surface area contributed by atoms with E-state index in [4.69, 9.17) is 5.84 Å². The van der Waals surface area contributed by atoms with Crippen LogP contribution in [-0.4, -0.2) is 28.2 Å². The lowest BCUT2D eigenvalue weighted by Gasteiger charge is -2.16. The van der Waals surface area contributed by atoms with Crippen LogP contribution in [-0.2, 0) is 9.59 Å². The first-order valence-corrected chi connectivity index (χ1v) is 6.92. The van der Waals surface area contributed by atoms with Gasteiger partial charge in [0, 0.05) is 29.0 Å². The number of rotatable bonds is 5. The number of hydrogen-bond acceptors (Lipinski definition) is 6. The standard InChI is InChI=1S/C15H14N4O5/c16-18(9-20)15(22)11-4-1-5-12(7-11)17-14(21)10-3-2-6-13(8-10)19(23)24/h2-3,5-9H,1,4,16H2,(H,17,21). The number of allylic oxidation sites excluding steroid dienone is 2. The van der Waals surface area contributed by atoms with Crippen molar-refractivity contribution in [1.29, 1.82) is 0 Å². The van der Waals surface area contributed by atoms with Gasteiger partial charge in [-0.25, -0.2) is 10.9 Å². The Morgan fingerprint density at radius 2 is 2.12 bits per heavy atom. The van der Waals surface area contributed by atoms with Gasteiger partial charge in [-0.1, -0.05) is 12.1 Å². The predicted octanol–water partition coefficient (Wildman–Crippen LogP) is 0.787. The van der Waals surface area contributed by atoms with Crippen LogP contribution in [0.2, 0.25) is 0 Å². The molecule has 2 rings (SSSR count). The van der Waals surface area contributed by atoms with Crippen molar-refractivity contribution in [3.8, 4) is 0 Å². The van der Waals surface area contributed by atoms with Gasteiger partial charge in [0.2, 0.25) is 6.41 Å². The first-order chi connectivity index (χ1) is 11.4. The van der Waals surface area contributed by atoms with Crippen molar-refractivity contribution in [3.05, 3.63) is 63.4 Å². The Bertz CT molecular complexity index is 769. The highest BCUT2D eigenvalue weighted by molar-refractivity contribution is 6.00. The highest BCUT2D eigenvalue weighted by atomic mass is 16.6. The van der Waals surface area contributed by atoms with Gasteiger partial charge in [0.05, 0.1) is 4.92 Å². The molecular weight excluding hydrogens is 316 g/mol. The molecule has 24 heavy (non-hydrogen) atoms. The molecule has 1 aromatic carbocycles. The molecule has 9 heteroatoms. The molecule has 0 fully saturated rings. The Labute approximate surface area is 136 Å². The average molecular weight is 330 g/mol. The predicted molar refractivity (Wildman–Crippen MR) is 83.1 cm³/mol. The molecule has 0 saturated heterocycles. The fourth-order valence-corrected chi connectivity index (χ4v) is 2.14. The molecule has 124 valence electrons. The molecule has 1 aromatic rings. The number of nitro benzene ring substituents is 1. The van der Waals surface area contributed by atoms with Crippen molar-refractivity contribution in [1.82, 2.24) is 10.3 Å². The highest BCUT2D eigenvalue weighted by Gasteiger charge is 2.19. The van der Waals surface area contributed by atoms with Crippen LogP contribution in [0.15, 0.2) is 47.7 Å². The summed E-state index contributed by atoms with van der Waals surface area (Å²) in [6.45, 7) is 0. The smallest absolute Gasteiger partial charge is 0.270 e. The maximum absolute atomic E-state index is 12.2. The highest BCUT2D eigenvalue weighted by Crippen LogP contribution is 2.18. The lowest BCUT2D eigenvalue weighted by molar-refractivity contribution is -0.384. The van der Waals surface area contributed by atoms with Crippen LogP contribution in [0.4, 0.5) is 5.69 Å². The van der Waals surface area contributed by atoms with Gasteiger partial charge < -0.3 is 5.32 Å². The van der Waals surface area contributed by atoms with Gasteiger partial charge in [0.15, 0.2) is 0 Å².